The standard InChI is InChI=1S/C18H29ClN2O2/c1-13(2)18(6,12-20-16(22)23-17(3,4)5)21-11-14-7-9-15(19)10-8-14/h7-10,13,21H,11-12H2,1-6H3,(H,20,22). The molecule has 0 bridgehead atoms. The summed E-state index contributed by atoms with van der Waals surface area (Å²) >= 11 is 5.91. The van der Waals surface area contributed by atoms with Crippen LogP contribution < -0.4 is 10.6 Å². The number of ether oxygens (including phenoxy) is 1. The zero-order chi connectivity index (χ0) is 17.7. The van der Waals surface area contributed by atoms with E-state index in [1.165, 1.54) is 0 Å². The molecule has 2 N–H and O–H groups in total. The molecule has 1 amide bonds. The number of nitrogens with one attached hydrogen (secondary N) is 2. The van der Waals surface area contributed by atoms with Gasteiger partial charge in [-0.15, -0.1) is 0 Å². The Labute approximate surface area is 144 Å². The first-order valence-corrected chi connectivity index (χ1v) is 8.36. The van der Waals surface area contributed by atoms with E-state index in [1.54, 1.807) is 0 Å². The van der Waals surface area contributed by atoms with Crippen molar-refractivity contribution in [3.63, 3.8) is 0 Å². The summed E-state index contributed by atoms with van der Waals surface area (Å²) in [6.45, 7) is 13.1. The van der Waals surface area contributed by atoms with Crippen LogP contribution in [0.15, 0.2) is 24.3 Å². The minimum absolute atomic E-state index is 0.240. The molecule has 0 fully saturated rings. The SMILES string of the molecule is CC(C)C(C)(CNC(=O)OC(C)(C)C)NCc1ccc(Cl)cc1. The zero-order valence-electron chi connectivity index (χ0n) is 15.0. The lowest BCUT2D eigenvalue weighted by Gasteiger charge is -2.35. The van der Waals surface area contributed by atoms with Crippen LogP contribution >= 0.6 is 11.6 Å². The summed E-state index contributed by atoms with van der Waals surface area (Å²) in [5.41, 5.74) is 0.421. The summed E-state index contributed by atoms with van der Waals surface area (Å²) in [5.74, 6) is 0.338. The van der Waals surface area contributed by atoms with Crippen molar-refractivity contribution >= 4 is 17.7 Å². The minimum atomic E-state index is -0.491. The Balaban J connectivity index is 2.60. The van der Waals surface area contributed by atoms with Crippen molar-refractivity contribution in [1.29, 1.82) is 0 Å². The molecule has 0 aromatic heterocycles. The van der Waals surface area contributed by atoms with Gasteiger partial charge in [-0.3, -0.25) is 0 Å². The molecular formula is C18H29ClN2O2. The Kier molecular flexibility index (Phi) is 6.90. The van der Waals surface area contributed by atoms with E-state index in [0.29, 0.717) is 19.0 Å². The molecule has 0 radical (unpaired) electrons. The molecule has 0 aliphatic rings. The van der Waals surface area contributed by atoms with Crippen LogP contribution in [0.4, 0.5) is 4.79 Å². The van der Waals surface area contributed by atoms with Gasteiger partial charge in [0.2, 0.25) is 0 Å². The first kappa shape index (κ1) is 19.8. The highest BCUT2D eigenvalue weighted by Crippen LogP contribution is 2.18. The Morgan fingerprint density at radius 3 is 2.22 bits per heavy atom. The summed E-state index contributed by atoms with van der Waals surface area (Å²) in [7, 11) is 0. The van der Waals surface area contributed by atoms with Gasteiger partial charge < -0.3 is 15.4 Å². The number of alkyl carbamates (subject to hydrolysis) is 1. The molecule has 130 valence electrons. The summed E-state index contributed by atoms with van der Waals surface area (Å²) in [6.07, 6.45) is -0.391. The fourth-order valence-electron chi connectivity index (χ4n) is 1.95. The molecule has 1 atom stereocenters. The van der Waals surface area contributed by atoms with Crippen LogP contribution in [0.25, 0.3) is 0 Å². The summed E-state index contributed by atoms with van der Waals surface area (Å²) in [4.78, 5) is 11.9. The summed E-state index contributed by atoms with van der Waals surface area (Å²) in [6, 6.07) is 7.75. The number of carbonyl (C=O) groups is 1. The monoisotopic (exact) mass is 340 g/mol. The van der Waals surface area contributed by atoms with E-state index in [1.807, 2.05) is 45.0 Å². The Morgan fingerprint density at radius 1 is 1.17 bits per heavy atom. The van der Waals surface area contributed by atoms with E-state index >= 15 is 0 Å². The van der Waals surface area contributed by atoms with Gasteiger partial charge in [0.1, 0.15) is 5.60 Å². The van der Waals surface area contributed by atoms with Crippen LogP contribution in [0.3, 0.4) is 0 Å². The quantitative estimate of drug-likeness (QED) is 0.808. The van der Waals surface area contributed by atoms with Gasteiger partial charge in [0.25, 0.3) is 0 Å². The molecule has 1 aromatic carbocycles. The average Bonchev–Trinajstić information content (AvgIpc) is 2.42. The molecule has 1 aromatic rings. The summed E-state index contributed by atoms with van der Waals surface area (Å²) < 4.78 is 5.30. The lowest BCUT2D eigenvalue weighted by Crippen LogP contribution is -2.55. The molecule has 5 heteroatoms. The second kappa shape index (κ2) is 8.02. The van der Waals surface area contributed by atoms with E-state index in [-0.39, 0.29) is 5.54 Å². The van der Waals surface area contributed by atoms with Crippen molar-refractivity contribution in [3.8, 4) is 0 Å². The third kappa shape index (κ3) is 7.23. The maximum atomic E-state index is 11.9. The highest BCUT2D eigenvalue weighted by atomic mass is 35.5. The largest absolute Gasteiger partial charge is 0.444 e. The lowest BCUT2D eigenvalue weighted by molar-refractivity contribution is 0.0503. The molecule has 0 saturated carbocycles. The Hall–Kier alpha value is -1.26. The zero-order valence-corrected chi connectivity index (χ0v) is 15.8. The molecule has 4 nitrogen and oxygen atoms in total. The number of benzene rings is 1. The second-order valence-corrected chi connectivity index (χ2v) is 7.84. The van der Waals surface area contributed by atoms with Crippen LogP contribution in [0.2, 0.25) is 5.02 Å². The number of halogens is 1. The number of amides is 1. The fraction of sp³-hybridized carbons (Fsp3) is 0.611. The summed E-state index contributed by atoms with van der Waals surface area (Å²) in [5, 5.41) is 7.13. The number of hydrogen-bond donors (Lipinski definition) is 2. The predicted molar refractivity (Wildman–Crippen MR) is 95.8 cm³/mol. The average molecular weight is 341 g/mol. The van der Waals surface area contributed by atoms with Gasteiger partial charge in [0.05, 0.1) is 0 Å². The van der Waals surface area contributed by atoms with Crippen molar-refractivity contribution in [2.75, 3.05) is 6.54 Å². The lowest BCUT2D eigenvalue weighted by atomic mass is 9.88. The third-order valence-corrected chi connectivity index (χ3v) is 4.13. The van der Waals surface area contributed by atoms with Crippen molar-refractivity contribution in [2.45, 2.75) is 59.2 Å². The smallest absolute Gasteiger partial charge is 0.407 e. The van der Waals surface area contributed by atoms with E-state index in [9.17, 15) is 4.79 Å². The van der Waals surface area contributed by atoms with Crippen LogP contribution in [0.1, 0.15) is 47.1 Å². The topological polar surface area (TPSA) is 50.4 Å². The van der Waals surface area contributed by atoms with E-state index < -0.39 is 11.7 Å². The normalized spacial score (nSPS) is 14.4. The van der Waals surface area contributed by atoms with Crippen molar-refractivity contribution in [2.24, 2.45) is 5.92 Å². The van der Waals surface area contributed by atoms with Gasteiger partial charge in [-0.2, -0.15) is 0 Å². The molecule has 1 unspecified atom stereocenters. The van der Waals surface area contributed by atoms with Gasteiger partial charge in [-0.1, -0.05) is 37.6 Å². The van der Waals surface area contributed by atoms with Crippen molar-refractivity contribution in [1.82, 2.24) is 10.6 Å². The highest BCUT2D eigenvalue weighted by Gasteiger charge is 2.29. The first-order chi connectivity index (χ1) is 10.5. The second-order valence-electron chi connectivity index (χ2n) is 7.41. The minimum Gasteiger partial charge on any atom is -0.444 e. The molecule has 0 saturated heterocycles. The maximum Gasteiger partial charge on any atom is 0.407 e. The molecule has 1 rings (SSSR count). The maximum absolute atomic E-state index is 11.9. The van der Waals surface area contributed by atoms with Crippen molar-refractivity contribution < 1.29 is 9.53 Å². The third-order valence-electron chi connectivity index (χ3n) is 3.88. The van der Waals surface area contributed by atoms with Gasteiger partial charge in [0, 0.05) is 23.7 Å². The van der Waals surface area contributed by atoms with E-state index in [2.05, 4.69) is 31.4 Å². The van der Waals surface area contributed by atoms with Crippen LogP contribution in [-0.2, 0) is 11.3 Å². The van der Waals surface area contributed by atoms with Crippen LogP contribution in [0, 0.1) is 5.92 Å². The molecule has 23 heavy (non-hydrogen) atoms. The molecule has 0 aliphatic carbocycles. The van der Waals surface area contributed by atoms with Gasteiger partial charge >= 0.3 is 6.09 Å². The molecule has 0 aliphatic heterocycles. The fourth-order valence-corrected chi connectivity index (χ4v) is 2.07. The highest BCUT2D eigenvalue weighted by molar-refractivity contribution is 6.30. The predicted octanol–water partition coefficient (Wildman–Crippen LogP) is 4.37. The molecular weight excluding hydrogens is 312 g/mol. The molecule has 0 spiro atoms. The molecule has 0 heterocycles. The van der Waals surface area contributed by atoms with Gasteiger partial charge in [-0.25, -0.2) is 4.79 Å². The number of carbonyl (C=O) groups excluding carboxylic acids is 1. The van der Waals surface area contributed by atoms with E-state index in [0.717, 1.165) is 10.6 Å². The van der Waals surface area contributed by atoms with Gasteiger partial charge in [-0.05, 0) is 51.3 Å². The van der Waals surface area contributed by atoms with Gasteiger partial charge in [0.15, 0.2) is 0 Å². The number of rotatable bonds is 6. The number of hydrogen-bond acceptors (Lipinski definition) is 3. The first-order valence-electron chi connectivity index (χ1n) is 7.98. The Bertz CT molecular complexity index is 509. The van der Waals surface area contributed by atoms with Crippen LogP contribution in [-0.4, -0.2) is 23.8 Å². The van der Waals surface area contributed by atoms with E-state index in [4.69, 9.17) is 16.3 Å². The van der Waals surface area contributed by atoms with Crippen LogP contribution in [0.5, 0.6) is 0 Å². The Morgan fingerprint density at radius 2 is 1.74 bits per heavy atom. The van der Waals surface area contributed by atoms with Crippen molar-refractivity contribution in [3.05, 3.63) is 34.9 Å².